The fourth-order valence-electron chi connectivity index (χ4n) is 3.00. The molecule has 1 saturated heterocycles. The molecule has 26 heavy (non-hydrogen) atoms. The fraction of sp³-hybridized carbons (Fsp3) is 0.238. The Bertz CT molecular complexity index is 787. The van der Waals surface area contributed by atoms with Crippen LogP contribution in [-0.2, 0) is 9.59 Å². The van der Waals surface area contributed by atoms with Crippen molar-refractivity contribution in [3.63, 3.8) is 0 Å². The molecule has 3 rings (SSSR count). The van der Waals surface area contributed by atoms with Gasteiger partial charge in [0.15, 0.2) is 0 Å². The zero-order valence-electron chi connectivity index (χ0n) is 14.4. The molecule has 0 saturated carbocycles. The lowest BCUT2D eigenvalue weighted by molar-refractivity contribution is -0.130. The maximum atomic E-state index is 12.9. The summed E-state index contributed by atoms with van der Waals surface area (Å²) in [5.41, 5.74) is 1.52. The average Bonchev–Trinajstić information content (AvgIpc) is 2.68. The molecule has 2 aromatic rings. The third kappa shape index (κ3) is 4.79. The van der Waals surface area contributed by atoms with Gasteiger partial charge in [0.2, 0.25) is 11.8 Å². The highest BCUT2D eigenvalue weighted by Crippen LogP contribution is 2.19. The summed E-state index contributed by atoms with van der Waals surface area (Å²) < 4.78 is 12.9. The number of halogens is 1. The van der Waals surface area contributed by atoms with Crippen molar-refractivity contribution in [3.05, 3.63) is 72.1 Å². The highest BCUT2D eigenvalue weighted by atomic mass is 19.1. The second-order valence-corrected chi connectivity index (χ2v) is 6.36. The second-order valence-electron chi connectivity index (χ2n) is 6.36. The van der Waals surface area contributed by atoms with Crippen LogP contribution in [0.15, 0.2) is 60.7 Å². The maximum Gasteiger partial charge on any atom is 0.246 e. The summed E-state index contributed by atoms with van der Waals surface area (Å²) in [5, 5.41) is 2.90. The SMILES string of the molecule is O=C(Nc1ccccc1)C1CCCN(C(=O)C=Cc2ccc(F)cc2)C1. The number of hydrogen-bond acceptors (Lipinski definition) is 2. The number of piperidine rings is 1. The van der Waals surface area contributed by atoms with Gasteiger partial charge in [-0.2, -0.15) is 0 Å². The number of amides is 2. The van der Waals surface area contributed by atoms with Gasteiger partial charge in [-0.25, -0.2) is 4.39 Å². The lowest BCUT2D eigenvalue weighted by Gasteiger charge is -2.31. The number of para-hydroxylation sites is 1. The molecule has 0 aliphatic carbocycles. The van der Waals surface area contributed by atoms with E-state index >= 15 is 0 Å². The number of nitrogens with one attached hydrogen (secondary N) is 1. The Kier molecular flexibility index (Phi) is 5.79. The zero-order valence-corrected chi connectivity index (χ0v) is 14.4. The number of likely N-dealkylation sites (tertiary alicyclic amines) is 1. The number of benzene rings is 2. The molecule has 134 valence electrons. The molecule has 2 amide bonds. The van der Waals surface area contributed by atoms with Crippen LogP contribution in [0.1, 0.15) is 18.4 Å². The van der Waals surface area contributed by atoms with Crippen molar-refractivity contribution >= 4 is 23.6 Å². The monoisotopic (exact) mass is 352 g/mol. The Labute approximate surface area is 152 Å². The molecule has 1 N–H and O–H groups in total. The summed E-state index contributed by atoms with van der Waals surface area (Å²) >= 11 is 0. The Morgan fingerprint density at radius 1 is 1.08 bits per heavy atom. The highest BCUT2D eigenvalue weighted by Gasteiger charge is 2.27. The molecule has 1 aliphatic rings. The van der Waals surface area contributed by atoms with E-state index in [0.29, 0.717) is 13.1 Å². The standard InChI is InChI=1S/C21H21FN2O2/c22-18-11-8-16(9-12-18)10-13-20(25)24-14-4-5-17(15-24)21(26)23-19-6-2-1-3-7-19/h1-3,6-13,17H,4-5,14-15H2,(H,23,26). The van der Waals surface area contributed by atoms with Gasteiger partial charge in [-0.15, -0.1) is 0 Å². The predicted molar refractivity (Wildman–Crippen MR) is 99.8 cm³/mol. The Hall–Kier alpha value is -2.95. The third-order valence-electron chi connectivity index (χ3n) is 4.43. The van der Waals surface area contributed by atoms with Gasteiger partial charge in [-0.05, 0) is 48.7 Å². The van der Waals surface area contributed by atoms with E-state index < -0.39 is 0 Å². The average molecular weight is 352 g/mol. The van der Waals surface area contributed by atoms with Crippen molar-refractivity contribution in [2.24, 2.45) is 5.92 Å². The fourth-order valence-corrected chi connectivity index (χ4v) is 3.00. The molecule has 4 nitrogen and oxygen atoms in total. The zero-order chi connectivity index (χ0) is 18.4. The summed E-state index contributed by atoms with van der Waals surface area (Å²) in [6, 6.07) is 15.3. The molecule has 0 spiro atoms. The summed E-state index contributed by atoms with van der Waals surface area (Å²) in [7, 11) is 0. The third-order valence-corrected chi connectivity index (χ3v) is 4.43. The molecule has 1 fully saturated rings. The normalized spacial score (nSPS) is 17.3. The molecule has 1 atom stereocenters. The first-order chi connectivity index (χ1) is 12.6. The van der Waals surface area contributed by atoms with Crippen LogP contribution in [0.5, 0.6) is 0 Å². The minimum Gasteiger partial charge on any atom is -0.338 e. The molecule has 5 heteroatoms. The van der Waals surface area contributed by atoms with Gasteiger partial charge in [0.25, 0.3) is 0 Å². The Morgan fingerprint density at radius 2 is 1.81 bits per heavy atom. The Balaban J connectivity index is 1.57. The molecule has 1 heterocycles. The van der Waals surface area contributed by atoms with E-state index in [1.165, 1.54) is 18.2 Å². The van der Waals surface area contributed by atoms with Crippen molar-refractivity contribution in [3.8, 4) is 0 Å². The van der Waals surface area contributed by atoms with E-state index in [2.05, 4.69) is 5.32 Å². The molecule has 0 radical (unpaired) electrons. The number of anilines is 1. The first kappa shape index (κ1) is 17.9. The molecule has 1 aliphatic heterocycles. The van der Waals surface area contributed by atoms with Gasteiger partial charge >= 0.3 is 0 Å². The van der Waals surface area contributed by atoms with Crippen LogP contribution in [-0.4, -0.2) is 29.8 Å². The largest absolute Gasteiger partial charge is 0.338 e. The van der Waals surface area contributed by atoms with Gasteiger partial charge in [0, 0.05) is 24.9 Å². The lowest BCUT2D eigenvalue weighted by atomic mass is 9.97. The number of nitrogens with zero attached hydrogens (tertiary/aromatic N) is 1. The summed E-state index contributed by atoms with van der Waals surface area (Å²) in [6.07, 6.45) is 4.70. The van der Waals surface area contributed by atoms with E-state index in [4.69, 9.17) is 0 Å². The van der Waals surface area contributed by atoms with Gasteiger partial charge in [-0.3, -0.25) is 9.59 Å². The van der Waals surface area contributed by atoms with Gasteiger partial charge < -0.3 is 10.2 Å². The molecule has 1 unspecified atom stereocenters. The van der Waals surface area contributed by atoms with Crippen molar-refractivity contribution in [2.75, 3.05) is 18.4 Å². The van der Waals surface area contributed by atoms with E-state index in [9.17, 15) is 14.0 Å². The van der Waals surface area contributed by atoms with Crippen LogP contribution in [0.2, 0.25) is 0 Å². The smallest absolute Gasteiger partial charge is 0.246 e. The predicted octanol–water partition coefficient (Wildman–Crippen LogP) is 3.72. The lowest BCUT2D eigenvalue weighted by Crippen LogP contribution is -2.43. The van der Waals surface area contributed by atoms with E-state index in [0.717, 1.165) is 24.1 Å². The van der Waals surface area contributed by atoms with Crippen LogP contribution in [0.3, 0.4) is 0 Å². The maximum absolute atomic E-state index is 12.9. The van der Waals surface area contributed by atoms with Crippen molar-refractivity contribution < 1.29 is 14.0 Å². The molecule has 0 bridgehead atoms. The number of carbonyl (C=O) groups excluding carboxylic acids is 2. The van der Waals surface area contributed by atoms with Gasteiger partial charge in [-0.1, -0.05) is 30.3 Å². The van der Waals surface area contributed by atoms with Crippen LogP contribution < -0.4 is 5.32 Å². The van der Waals surface area contributed by atoms with Crippen LogP contribution in [0.4, 0.5) is 10.1 Å². The molecule has 0 aromatic heterocycles. The van der Waals surface area contributed by atoms with Crippen LogP contribution >= 0.6 is 0 Å². The first-order valence-corrected chi connectivity index (χ1v) is 8.70. The molecule has 2 aromatic carbocycles. The van der Waals surface area contributed by atoms with E-state index in [1.807, 2.05) is 30.3 Å². The quantitative estimate of drug-likeness (QED) is 0.853. The van der Waals surface area contributed by atoms with Crippen molar-refractivity contribution in [2.45, 2.75) is 12.8 Å². The molecular weight excluding hydrogens is 331 g/mol. The van der Waals surface area contributed by atoms with Gasteiger partial charge in [0.1, 0.15) is 5.82 Å². The minimum absolute atomic E-state index is 0.0591. The second kappa shape index (κ2) is 8.43. The van der Waals surface area contributed by atoms with Crippen molar-refractivity contribution in [1.29, 1.82) is 0 Å². The highest BCUT2D eigenvalue weighted by molar-refractivity contribution is 5.95. The topological polar surface area (TPSA) is 49.4 Å². The summed E-state index contributed by atoms with van der Waals surface area (Å²) in [6.45, 7) is 1.05. The minimum atomic E-state index is -0.309. The summed E-state index contributed by atoms with van der Waals surface area (Å²) in [4.78, 5) is 26.5. The van der Waals surface area contributed by atoms with Crippen LogP contribution in [0.25, 0.3) is 6.08 Å². The Morgan fingerprint density at radius 3 is 2.54 bits per heavy atom. The van der Waals surface area contributed by atoms with Crippen LogP contribution in [0, 0.1) is 11.7 Å². The number of carbonyl (C=O) groups is 2. The van der Waals surface area contributed by atoms with Crippen molar-refractivity contribution in [1.82, 2.24) is 4.90 Å². The first-order valence-electron chi connectivity index (χ1n) is 8.70. The number of hydrogen-bond donors (Lipinski definition) is 1. The van der Waals surface area contributed by atoms with E-state index in [1.54, 1.807) is 23.1 Å². The molecular formula is C21H21FN2O2. The number of rotatable bonds is 4. The summed E-state index contributed by atoms with van der Waals surface area (Å²) in [5.74, 6) is -0.716. The van der Waals surface area contributed by atoms with Gasteiger partial charge in [0.05, 0.1) is 5.92 Å². The van der Waals surface area contributed by atoms with E-state index in [-0.39, 0.29) is 23.5 Å².